The molecule has 0 saturated carbocycles. The zero-order valence-corrected chi connectivity index (χ0v) is 27.0. The van der Waals surface area contributed by atoms with E-state index < -0.39 is 52.6 Å². The van der Waals surface area contributed by atoms with Crippen molar-refractivity contribution in [3.05, 3.63) is 42.0 Å². The zero-order valence-electron chi connectivity index (χ0n) is 26.2. The third-order valence-corrected chi connectivity index (χ3v) is 8.08. The number of fused-ring (bicyclic) bond motifs is 1. The van der Waals surface area contributed by atoms with Gasteiger partial charge in [-0.2, -0.15) is 13.4 Å². The molecular weight excluding hydrogens is 620 g/mol. The Morgan fingerprint density at radius 3 is 2.30 bits per heavy atom. The van der Waals surface area contributed by atoms with Crippen molar-refractivity contribution < 1.29 is 45.9 Å². The van der Waals surface area contributed by atoms with E-state index >= 15 is 0 Å². The second-order valence-corrected chi connectivity index (χ2v) is 12.2. The molecule has 15 heteroatoms. The zero-order chi connectivity index (χ0) is 33.4. The molecule has 0 bridgehead atoms. The Balaban J connectivity index is 1.80. The number of nitrogens with zero attached hydrogens (tertiary/aromatic N) is 4. The van der Waals surface area contributed by atoms with Gasteiger partial charge in [-0.1, -0.05) is 49.8 Å². The summed E-state index contributed by atoms with van der Waals surface area (Å²) in [6.07, 6.45) is 1.22. The predicted molar refractivity (Wildman–Crippen MR) is 162 cm³/mol. The van der Waals surface area contributed by atoms with Gasteiger partial charge in [-0.15, -0.1) is 0 Å². The van der Waals surface area contributed by atoms with Crippen LogP contribution in [0.1, 0.15) is 77.4 Å². The van der Waals surface area contributed by atoms with E-state index in [-0.39, 0.29) is 34.4 Å². The number of ether oxygens (including phenoxy) is 4. The minimum absolute atomic E-state index is 0.0382. The third kappa shape index (κ3) is 8.58. The number of hydrogen-bond donors (Lipinski definition) is 0. The number of rotatable bonds is 12. The molecule has 3 aromatic rings. The van der Waals surface area contributed by atoms with Crippen molar-refractivity contribution >= 4 is 39.2 Å². The summed E-state index contributed by atoms with van der Waals surface area (Å²) < 4.78 is 55.6. The molecule has 1 aliphatic rings. The molecule has 246 valence electrons. The number of esters is 3. The lowest BCUT2D eigenvalue weighted by atomic mass is 10.1. The fraction of sp³-hybridized carbons (Fsp3) is 0.484. The first-order chi connectivity index (χ1) is 21.9. The highest BCUT2D eigenvalue weighted by Crippen LogP contribution is 2.37. The van der Waals surface area contributed by atoms with Gasteiger partial charge in [-0.25, -0.2) is 9.97 Å². The Bertz CT molecular complexity index is 1740. The summed E-state index contributed by atoms with van der Waals surface area (Å²) in [5.41, 5.74) is 0.842. The Morgan fingerprint density at radius 1 is 0.957 bits per heavy atom. The number of aryl methyl sites for hydroxylation is 1. The van der Waals surface area contributed by atoms with Gasteiger partial charge in [-0.05, 0) is 31.4 Å². The number of benzene rings is 1. The van der Waals surface area contributed by atoms with Gasteiger partial charge >= 0.3 is 28.0 Å². The average Bonchev–Trinajstić information content (AvgIpc) is 3.54. The fourth-order valence-corrected chi connectivity index (χ4v) is 5.64. The van der Waals surface area contributed by atoms with E-state index in [9.17, 15) is 22.8 Å². The lowest BCUT2D eigenvalue weighted by molar-refractivity contribution is -0.166. The van der Waals surface area contributed by atoms with Crippen LogP contribution in [0.4, 0.5) is 0 Å². The molecule has 1 aromatic carbocycles. The average molecular weight is 657 g/mol. The van der Waals surface area contributed by atoms with E-state index in [1.807, 2.05) is 6.92 Å². The van der Waals surface area contributed by atoms with Crippen molar-refractivity contribution in [3.63, 3.8) is 0 Å². The molecule has 46 heavy (non-hydrogen) atoms. The number of hydrogen-bond acceptors (Lipinski definition) is 13. The van der Waals surface area contributed by atoms with Crippen molar-refractivity contribution in [2.75, 3.05) is 6.61 Å². The topological polar surface area (TPSA) is 175 Å². The van der Waals surface area contributed by atoms with E-state index in [0.717, 1.165) is 31.2 Å². The van der Waals surface area contributed by atoms with Crippen molar-refractivity contribution in [1.82, 2.24) is 19.5 Å². The van der Waals surface area contributed by atoms with Gasteiger partial charge in [0.15, 0.2) is 29.6 Å². The maximum absolute atomic E-state index is 13.3. The van der Waals surface area contributed by atoms with Gasteiger partial charge in [0.1, 0.15) is 17.6 Å². The summed E-state index contributed by atoms with van der Waals surface area (Å²) in [5.74, 6) is 3.47. The van der Waals surface area contributed by atoms with Gasteiger partial charge in [0.05, 0.1) is 6.33 Å². The van der Waals surface area contributed by atoms with Gasteiger partial charge < -0.3 is 23.1 Å². The van der Waals surface area contributed by atoms with Crippen molar-refractivity contribution in [1.29, 1.82) is 0 Å². The van der Waals surface area contributed by atoms with Gasteiger partial charge in [0, 0.05) is 27.2 Å². The summed E-state index contributed by atoms with van der Waals surface area (Å²) in [6.45, 7) is 7.16. The molecule has 0 unspecified atom stereocenters. The highest BCUT2D eigenvalue weighted by atomic mass is 32.2. The van der Waals surface area contributed by atoms with Gasteiger partial charge in [-0.3, -0.25) is 19.0 Å². The van der Waals surface area contributed by atoms with Gasteiger partial charge in [0.25, 0.3) is 5.88 Å². The predicted octanol–water partition coefficient (Wildman–Crippen LogP) is 3.55. The standard InChI is InChI=1S/C31H36N4O10S/c1-6-7-8-9-10-11-12-25-33-29-26(30(34-25)45-46(39,40)23-15-13-19(2)14-16-23)32-18-35(29)31-28(43-22(5)38)27(42-21(4)37)24(44-31)17-41-20(3)36/h13-16,18,24,27-28,31H,6-10,17H2,1-5H3/t24-,27-,28-,31-/m1/s1. The Morgan fingerprint density at radius 2 is 1.65 bits per heavy atom. The molecule has 0 N–H and O–H groups in total. The van der Waals surface area contributed by atoms with E-state index in [4.69, 9.17) is 23.1 Å². The number of imidazole rings is 1. The fourth-order valence-electron chi connectivity index (χ4n) is 4.75. The molecule has 1 aliphatic heterocycles. The SMILES string of the molecule is CCCCCCC#Cc1nc(OS(=O)(=O)c2ccc(C)cc2)c2ncn([C@@H]3O[C@H](COC(C)=O)[C@@H](OC(C)=O)[C@H]3OC(C)=O)c2n1. The first-order valence-corrected chi connectivity index (χ1v) is 16.2. The molecule has 1 saturated heterocycles. The normalized spacial score (nSPS) is 19.2. The van der Waals surface area contributed by atoms with E-state index in [2.05, 4.69) is 33.7 Å². The van der Waals surface area contributed by atoms with Crippen LogP contribution < -0.4 is 4.18 Å². The number of carbonyl (C=O) groups is 3. The smallest absolute Gasteiger partial charge is 0.340 e. The van der Waals surface area contributed by atoms with E-state index in [0.29, 0.717) is 6.42 Å². The van der Waals surface area contributed by atoms with Crippen LogP contribution in [-0.2, 0) is 43.4 Å². The molecule has 3 heterocycles. The first kappa shape index (κ1) is 34.3. The largest absolute Gasteiger partial charge is 0.463 e. The van der Waals surface area contributed by atoms with Crippen LogP contribution in [0.15, 0.2) is 35.5 Å². The second-order valence-electron chi connectivity index (χ2n) is 10.7. The monoisotopic (exact) mass is 656 g/mol. The maximum Gasteiger partial charge on any atom is 0.340 e. The van der Waals surface area contributed by atoms with Crippen LogP contribution >= 0.6 is 0 Å². The molecule has 0 amide bonds. The quantitative estimate of drug-likeness (QED) is 0.0911. The first-order valence-electron chi connectivity index (χ1n) is 14.8. The van der Waals surface area contributed by atoms with E-state index in [1.165, 1.54) is 43.8 Å². The summed E-state index contributed by atoms with van der Waals surface area (Å²) >= 11 is 0. The summed E-state index contributed by atoms with van der Waals surface area (Å²) in [7, 11) is -4.35. The Labute approximate surface area is 266 Å². The summed E-state index contributed by atoms with van der Waals surface area (Å²) in [5, 5.41) is 0. The van der Waals surface area contributed by atoms with Crippen molar-refractivity contribution in [2.45, 2.75) is 96.2 Å². The number of aromatic nitrogens is 4. The summed E-state index contributed by atoms with van der Waals surface area (Å²) in [4.78, 5) is 48.7. The molecule has 4 atom stereocenters. The molecular formula is C31H36N4O10S. The minimum Gasteiger partial charge on any atom is -0.463 e. The van der Waals surface area contributed by atoms with Crippen LogP contribution in [0.5, 0.6) is 5.88 Å². The summed E-state index contributed by atoms with van der Waals surface area (Å²) in [6, 6.07) is 6.09. The van der Waals surface area contributed by atoms with Crippen LogP contribution in [-0.4, -0.2) is 70.8 Å². The van der Waals surface area contributed by atoms with Gasteiger partial charge in [0.2, 0.25) is 5.82 Å². The molecule has 0 radical (unpaired) electrons. The van der Waals surface area contributed by atoms with E-state index in [1.54, 1.807) is 12.1 Å². The van der Waals surface area contributed by atoms with Crippen molar-refractivity contribution in [2.24, 2.45) is 0 Å². The minimum atomic E-state index is -4.35. The Kier molecular flexibility index (Phi) is 11.3. The Hall–Kier alpha value is -4.55. The van der Waals surface area contributed by atoms with Crippen LogP contribution in [0.25, 0.3) is 11.2 Å². The molecule has 2 aromatic heterocycles. The third-order valence-electron chi connectivity index (χ3n) is 6.86. The van der Waals surface area contributed by atoms with Crippen LogP contribution in [0, 0.1) is 18.8 Å². The molecule has 1 fully saturated rings. The van der Waals surface area contributed by atoms with Crippen molar-refractivity contribution in [3.8, 4) is 17.7 Å². The van der Waals surface area contributed by atoms with Crippen LogP contribution in [0.2, 0.25) is 0 Å². The highest BCUT2D eigenvalue weighted by molar-refractivity contribution is 7.87. The molecule has 0 aliphatic carbocycles. The van der Waals surface area contributed by atoms with Crippen LogP contribution in [0.3, 0.4) is 0 Å². The number of unbranched alkanes of at least 4 members (excludes halogenated alkanes) is 4. The lowest BCUT2D eigenvalue weighted by Gasteiger charge is -2.23. The maximum atomic E-state index is 13.3. The molecule has 14 nitrogen and oxygen atoms in total. The highest BCUT2D eigenvalue weighted by Gasteiger charge is 2.51. The number of carbonyl (C=O) groups excluding carboxylic acids is 3. The lowest BCUT2D eigenvalue weighted by Crippen LogP contribution is -2.40. The second kappa shape index (κ2) is 15.2. The molecule has 4 rings (SSSR count). The molecule has 0 spiro atoms.